The van der Waals surface area contributed by atoms with Gasteiger partial charge in [-0.25, -0.2) is 0 Å². The van der Waals surface area contributed by atoms with Crippen LogP contribution in [0.1, 0.15) is 181 Å². The van der Waals surface area contributed by atoms with Crippen LogP contribution in [0.3, 0.4) is 0 Å². The number of aliphatic hydroxyl groups excluding tert-OH is 1. The first-order valence-corrected chi connectivity index (χ1v) is 21.9. The molecule has 0 radical (unpaired) electrons. The highest BCUT2D eigenvalue weighted by molar-refractivity contribution is 4.99. The summed E-state index contributed by atoms with van der Waals surface area (Å²) in [5.41, 5.74) is 0. The number of aliphatic hydroxyl groups is 1. The van der Waals surface area contributed by atoms with Crippen LogP contribution in [0.15, 0.2) is 48.6 Å². The van der Waals surface area contributed by atoms with Crippen LogP contribution in [0.2, 0.25) is 0 Å². The lowest BCUT2D eigenvalue weighted by molar-refractivity contribution is -0.198. The van der Waals surface area contributed by atoms with Crippen molar-refractivity contribution < 1.29 is 14.6 Å². The van der Waals surface area contributed by atoms with Crippen LogP contribution in [0.25, 0.3) is 0 Å². The molecule has 0 aromatic carbocycles. The van der Waals surface area contributed by atoms with Gasteiger partial charge in [-0.1, -0.05) is 140 Å². The van der Waals surface area contributed by atoms with E-state index >= 15 is 0 Å². The summed E-state index contributed by atoms with van der Waals surface area (Å²) in [7, 11) is 6.29. The molecule has 51 heavy (non-hydrogen) atoms. The molecular weight excluding hydrogens is 629 g/mol. The summed E-state index contributed by atoms with van der Waals surface area (Å²) < 4.78 is 13.8. The number of nitrogens with zero attached hydrogens (tertiary/aromatic N) is 2. The predicted molar refractivity (Wildman–Crippen MR) is 221 cm³/mol. The molecule has 296 valence electrons. The van der Waals surface area contributed by atoms with Crippen LogP contribution >= 0.6 is 0 Å². The average molecular weight is 713 g/mol. The smallest absolute Gasteiger partial charge is 0.169 e. The minimum Gasteiger partial charge on any atom is -0.389 e. The second kappa shape index (κ2) is 30.1. The molecule has 1 unspecified atom stereocenters. The lowest BCUT2D eigenvalue weighted by Crippen LogP contribution is -2.50. The third-order valence-corrected chi connectivity index (χ3v) is 11.0. The van der Waals surface area contributed by atoms with Crippen LogP contribution in [0.4, 0.5) is 0 Å². The van der Waals surface area contributed by atoms with Gasteiger partial charge in [0.1, 0.15) is 12.2 Å². The van der Waals surface area contributed by atoms with E-state index in [0.29, 0.717) is 0 Å². The molecule has 2 saturated heterocycles. The number of allylic oxidation sites excluding steroid dienone is 8. The zero-order valence-electron chi connectivity index (χ0n) is 34.4. The molecule has 2 aliphatic heterocycles. The van der Waals surface area contributed by atoms with E-state index in [1.165, 1.54) is 128 Å². The predicted octanol–water partition coefficient (Wildman–Crippen LogP) is 12.1. The summed E-state index contributed by atoms with van der Waals surface area (Å²) in [4.78, 5) is 4.47. The van der Waals surface area contributed by atoms with Crippen molar-refractivity contribution in [2.45, 2.75) is 211 Å². The number of ether oxygens (including phenoxy) is 2. The fourth-order valence-corrected chi connectivity index (χ4v) is 7.75. The fourth-order valence-electron chi connectivity index (χ4n) is 7.75. The third kappa shape index (κ3) is 21.3. The Morgan fingerprint density at radius 1 is 0.569 bits per heavy atom. The van der Waals surface area contributed by atoms with Gasteiger partial charge in [-0.05, 0) is 98.2 Å². The highest BCUT2D eigenvalue weighted by Crippen LogP contribution is 2.41. The van der Waals surface area contributed by atoms with Gasteiger partial charge in [0.15, 0.2) is 5.79 Å². The maximum Gasteiger partial charge on any atom is 0.169 e. The van der Waals surface area contributed by atoms with E-state index < -0.39 is 11.9 Å². The van der Waals surface area contributed by atoms with Crippen molar-refractivity contribution in [2.24, 2.45) is 0 Å². The number of hydrogen-bond acceptors (Lipinski definition) is 5. The number of unbranched alkanes of at least 4 members (excludes halogenated alkanes) is 18. The van der Waals surface area contributed by atoms with Crippen LogP contribution in [-0.2, 0) is 9.47 Å². The summed E-state index contributed by atoms with van der Waals surface area (Å²) in [6, 6.07) is 0.0492. The quantitative estimate of drug-likeness (QED) is 0.0573. The second-order valence-corrected chi connectivity index (χ2v) is 16.1. The minimum atomic E-state index is -0.546. The van der Waals surface area contributed by atoms with Gasteiger partial charge in [0.25, 0.3) is 0 Å². The molecule has 0 bridgehead atoms. The Balaban J connectivity index is 1.70. The van der Waals surface area contributed by atoms with E-state index in [0.717, 1.165) is 51.6 Å². The number of rotatable bonds is 31. The molecule has 0 amide bonds. The molecular formula is C46H84N2O3. The Labute approximate surface area is 317 Å². The zero-order valence-corrected chi connectivity index (χ0v) is 34.4. The molecule has 0 aromatic rings. The number of likely N-dealkylation sites (N-methyl/N-ethyl adjacent to an activating group) is 2. The van der Waals surface area contributed by atoms with E-state index in [1.807, 2.05) is 0 Å². The topological polar surface area (TPSA) is 45.2 Å². The van der Waals surface area contributed by atoms with Crippen molar-refractivity contribution in [1.29, 1.82) is 0 Å². The Hall–Kier alpha value is -1.24. The maximum absolute atomic E-state index is 11.5. The van der Waals surface area contributed by atoms with Gasteiger partial charge in [0, 0.05) is 25.9 Å². The van der Waals surface area contributed by atoms with Crippen molar-refractivity contribution in [3.63, 3.8) is 0 Å². The van der Waals surface area contributed by atoms with E-state index in [4.69, 9.17) is 9.47 Å². The van der Waals surface area contributed by atoms with E-state index in [1.54, 1.807) is 0 Å². The van der Waals surface area contributed by atoms with Gasteiger partial charge >= 0.3 is 0 Å². The molecule has 0 aromatic heterocycles. The summed E-state index contributed by atoms with van der Waals surface area (Å²) >= 11 is 0. The largest absolute Gasteiger partial charge is 0.389 e. The van der Waals surface area contributed by atoms with E-state index in [9.17, 15) is 5.11 Å². The summed E-state index contributed by atoms with van der Waals surface area (Å²) in [6.45, 7) is 6.18. The Morgan fingerprint density at radius 3 is 1.41 bits per heavy atom. The highest BCUT2D eigenvalue weighted by atomic mass is 16.8. The van der Waals surface area contributed by atoms with Gasteiger partial charge in [0.05, 0.1) is 12.1 Å². The van der Waals surface area contributed by atoms with Crippen LogP contribution in [0, 0.1) is 0 Å². The van der Waals surface area contributed by atoms with Crippen molar-refractivity contribution in [3.8, 4) is 0 Å². The van der Waals surface area contributed by atoms with E-state index in [2.05, 4.69) is 93.4 Å². The van der Waals surface area contributed by atoms with Crippen molar-refractivity contribution in [1.82, 2.24) is 9.80 Å². The van der Waals surface area contributed by atoms with Gasteiger partial charge in [-0.3, -0.25) is 0 Å². The van der Waals surface area contributed by atoms with Gasteiger partial charge in [0.2, 0.25) is 0 Å². The van der Waals surface area contributed by atoms with Crippen LogP contribution in [0.5, 0.6) is 0 Å². The monoisotopic (exact) mass is 713 g/mol. The van der Waals surface area contributed by atoms with Crippen LogP contribution < -0.4 is 0 Å². The first-order valence-electron chi connectivity index (χ1n) is 21.9. The molecule has 1 N–H and O–H groups in total. The standard InChI is InChI=1S/C46H84N2O3/c1-6-8-10-12-14-16-18-20-22-24-26-28-30-32-34-36-38-46(50-43-41-48(5)40-42(47(3)4)44(49)45(43)51-46)39-37-35-33-31-29-27-25-23-21-19-17-15-13-11-9-7-2/h14-17,20-23,42-45,49H,6-13,18-19,24-41H2,1-5H3/b16-14-,17-15-,22-20-,23-21-/t42-,43+,44?,45+/m0/s1. The second-order valence-electron chi connectivity index (χ2n) is 16.1. The summed E-state index contributed by atoms with van der Waals surface area (Å²) in [5.74, 6) is -0.546. The molecule has 2 fully saturated rings. The Bertz CT molecular complexity index is 879. The SMILES string of the molecule is CCCCC/C=C\C/C=C\CCCCCCCCC1(CCCCCCCC/C=C\C/C=C\CCCCC)O[C@@H]2CN(C)C[C@H](N(C)C)C(O)[C@@H]2O1. The fraction of sp³-hybridized carbons (Fsp3) is 0.826. The van der Waals surface area contributed by atoms with Crippen molar-refractivity contribution in [3.05, 3.63) is 48.6 Å². The number of likely N-dealkylation sites (tertiary alicyclic amines) is 1. The average Bonchev–Trinajstić information content (AvgIpc) is 3.42. The lowest BCUT2D eigenvalue weighted by atomic mass is 9.98. The van der Waals surface area contributed by atoms with Crippen LogP contribution in [-0.4, -0.2) is 79.3 Å². The van der Waals surface area contributed by atoms with Crippen molar-refractivity contribution >= 4 is 0 Å². The molecule has 0 aliphatic carbocycles. The normalized spacial score (nSPS) is 22.8. The molecule has 2 aliphatic rings. The van der Waals surface area contributed by atoms with Gasteiger partial charge < -0.3 is 24.4 Å². The van der Waals surface area contributed by atoms with Gasteiger partial charge in [-0.15, -0.1) is 0 Å². The summed E-state index contributed by atoms with van der Waals surface area (Å²) in [6.07, 6.45) is 49.9. The molecule has 2 rings (SSSR count). The van der Waals surface area contributed by atoms with Crippen molar-refractivity contribution in [2.75, 3.05) is 34.2 Å². The molecule has 0 saturated carbocycles. The highest BCUT2D eigenvalue weighted by Gasteiger charge is 2.52. The maximum atomic E-state index is 11.5. The number of hydrogen-bond donors (Lipinski definition) is 1. The third-order valence-electron chi connectivity index (χ3n) is 11.0. The molecule has 4 atom stereocenters. The first-order chi connectivity index (χ1) is 24.9. The minimum absolute atomic E-state index is 0.0492. The Kier molecular flexibility index (Phi) is 27.1. The number of fused-ring (bicyclic) bond motifs is 1. The Morgan fingerprint density at radius 2 is 0.980 bits per heavy atom. The first kappa shape index (κ1) is 45.9. The zero-order chi connectivity index (χ0) is 36.8. The molecule has 5 nitrogen and oxygen atoms in total. The lowest BCUT2D eigenvalue weighted by Gasteiger charge is -2.34. The van der Waals surface area contributed by atoms with Gasteiger partial charge in [-0.2, -0.15) is 0 Å². The summed E-state index contributed by atoms with van der Waals surface area (Å²) in [5, 5.41) is 11.5. The van der Waals surface area contributed by atoms with E-state index in [-0.39, 0.29) is 18.2 Å². The molecule has 2 heterocycles. The molecule has 5 heteroatoms. The molecule has 0 spiro atoms.